The number of thiazole rings is 1. The highest BCUT2D eigenvalue weighted by Crippen LogP contribution is 2.27. The number of hydrogen-bond donors (Lipinski definition) is 2. The Balaban J connectivity index is 2.73. The van der Waals surface area contributed by atoms with E-state index in [2.05, 4.69) is 4.98 Å². The van der Waals surface area contributed by atoms with Crippen molar-refractivity contribution >= 4 is 17.3 Å². The van der Waals surface area contributed by atoms with E-state index < -0.39 is 18.0 Å². The Morgan fingerprint density at radius 3 is 2.86 bits per heavy atom. The van der Waals surface area contributed by atoms with Crippen LogP contribution in [0.3, 0.4) is 0 Å². The van der Waals surface area contributed by atoms with Gasteiger partial charge in [0.2, 0.25) is 0 Å². The van der Waals surface area contributed by atoms with Crippen LogP contribution < -0.4 is 0 Å². The van der Waals surface area contributed by atoms with Crippen LogP contribution in [-0.2, 0) is 4.79 Å². The molecule has 0 aliphatic heterocycles. The number of carbonyl (C=O) groups is 1. The number of aliphatic hydroxyl groups is 1. The molecule has 1 aromatic heterocycles. The Labute approximate surface area is 86.2 Å². The van der Waals surface area contributed by atoms with Crippen molar-refractivity contribution < 1.29 is 15.0 Å². The second-order valence-electron chi connectivity index (χ2n) is 3.05. The molecule has 0 aliphatic carbocycles. The maximum atomic E-state index is 10.8. The van der Waals surface area contributed by atoms with Gasteiger partial charge in [-0.1, -0.05) is 13.3 Å². The van der Waals surface area contributed by atoms with Crippen LogP contribution in [0.4, 0.5) is 0 Å². The number of aliphatic hydroxyl groups excluding tert-OH is 1. The van der Waals surface area contributed by atoms with Crippen LogP contribution in [-0.4, -0.2) is 21.2 Å². The van der Waals surface area contributed by atoms with E-state index in [0.29, 0.717) is 11.4 Å². The van der Waals surface area contributed by atoms with Crippen molar-refractivity contribution in [2.45, 2.75) is 25.9 Å². The van der Waals surface area contributed by atoms with E-state index in [1.165, 1.54) is 11.3 Å². The highest BCUT2D eigenvalue weighted by molar-refractivity contribution is 7.09. The Hall–Kier alpha value is -0.940. The lowest BCUT2D eigenvalue weighted by Crippen LogP contribution is -2.21. The molecule has 0 aliphatic rings. The number of carboxylic acid groups (broad SMARTS) is 1. The van der Waals surface area contributed by atoms with Gasteiger partial charge in [-0.05, 0) is 6.42 Å². The Morgan fingerprint density at radius 1 is 1.71 bits per heavy atom. The Bertz CT molecular complexity index is 286. The minimum atomic E-state index is -0.979. The summed E-state index contributed by atoms with van der Waals surface area (Å²) in [5.41, 5.74) is 0. The van der Waals surface area contributed by atoms with Gasteiger partial charge in [-0.25, -0.2) is 4.98 Å². The summed E-state index contributed by atoms with van der Waals surface area (Å²) in [5, 5.41) is 20.8. The zero-order valence-electron chi connectivity index (χ0n) is 7.88. The maximum absolute atomic E-state index is 10.8. The smallest absolute Gasteiger partial charge is 0.309 e. The zero-order valence-corrected chi connectivity index (χ0v) is 8.70. The molecule has 1 heterocycles. The van der Waals surface area contributed by atoms with Crippen LogP contribution >= 0.6 is 11.3 Å². The van der Waals surface area contributed by atoms with Gasteiger partial charge in [-0.2, -0.15) is 0 Å². The van der Waals surface area contributed by atoms with Crippen molar-refractivity contribution in [1.82, 2.24) is 4.98 Å². The third-order valence-electron chi connectivity index (χ3n) is 2.00. The van der Waals surface area contributed by atoms with E-state index in [-0.39, 0.29) is 0 Å². The Kier molecular flexibility index (Phi) is 4.03. The molecule has 0 bridgehead atoms. The van der Waals surface area contributed by atoms with Crippen molar-refractivity contribution in [2.24, 2.45) is 5.92 Å². The van der Waals surface area contributed by atoms with Crippen LogP contribution in [0.15, 0.2) is 11.6 Å². The Morgan fingerprint density at radius 2 is 2.43 bits per heavy atom. The average Bonchev–Trinajstić information content (AvgIpc) is 2.65. The molecular weight excluding hydrogens is 202 g/mol. The summed E-state index contributed by atoms with van der Waals surface area (Å²) in [6.45, 7) is 1.89. The fourth-order valence-electron chi connectivity index (χ4n) is 1.28. The second-order valence-corrected chi connectivity index (χ2v) is 3.97. The summed E-state index contributed by atoms with van der Waals surface area (Å²) in [6.07, 6.45) is 1.79. The maximum Gasteiger partial charge on any atom is 0.309 e. The first-order valence-corrected chi connectivity index (χ1v) is 5.35. The first kappa shape index (κ1) is 11.1. The summed E-state index contributed by atoms with van der Waals surface area (Å²) >= 11 is 1.28. The molecule has 4 nitrogen and oxygen atoms in total. The fourth-order valence-corrected chi connectivity index (χ4v) is 1.97. The molecular formula is C9H13NO3S. The summed E-state index contributed by atoms with van der Waals surface area (Å²) in [4.78, 5) is 14.7. The number of carboxylic acids is 1. The van der Waals surface area contributed by atoms with Gasteiger partial charge in [0.15, 0.2) is 0 Å². The lowest BCUT2D eigenvalue weighted by Gasteiger charge is -2.15. The molecule has 0 radical (unpaired) electrons. The van der Waals surface area contributed by atoms with Crippen LogP contribution in [0, 0.1) is 5.92 Å². The topological polar surface area (TPSA) is 70.4 Å². The van der Waals surface area contributed by atoms with Gasteiger partial charge in [0.1, 0.15) is 11.1 Å². The van der Waals surface area contributed by atoms with Crippen molar-refractivity contribution in [3.05, 3.63) is 16.6 Å². The summed E-state index contributed by atoms with van der Waals surface area (Å²) in [6, 6.07) is 0. The summed E-state index contributed by atoms with van der Waals surface area (Å²) in [7, 11) is 0. The van der Waals surface area contributed by atoms with Gasteiger partial charge in [-0.15, -0.1) is 11.3 Å². The number of aromatic nitrogens is 1. The predicted molar refractivity (Wildman–Crippen MR) is 53.1 cm³/mol. The van der Waals surface area contributed by atoms with Crippen molar-refractivity contribution in [1.29, 1.82) is 0 Å². The van der Waals surface area contributed by atoms with Crippen molar-refractivity contribution in [3.8, 4) is 0 Å². The van der Waals surface area contributed by atoms with E-state index >= 15 is 0 Å². The standard InChI is InChI=1S/C9H13NO3S/c1-2-3-6(9(12)13)7(11)8-10-4-5-14-8/h4-7,11H,2-3H2,1H3,(H,12,13). The quantitative estimate of drug-likeness (QED) is 0.784. The molecule has 1 aromatic rings. The van der Waals surface area contributed by atoms with Gasteiger partial charge < -0.3 is 10.2 Å². The fraction of sp³-hybridized carbons (Fsp3) is 0.556. The van der Waals surface area contributed by atoms with Crippen LogP contribution in [0.25, 0.3) is 0 Å². The van der Waals surface area contributed by atoms with Gasteiger partial charge in [-0.3, -0.25) is 4.79 Å². The van der Waals surface area contributed by atoms with E-state index in [1.807, 2.05) is 6.92 Å². The third kappa shape index (κ3) is 2.52. The summed E-state index contributed by atoms with van der Waals surface area (Å²) < 4.78 is 0. The number of hydrogen-bond acceptors (Lipinski definition) is 4. The van der Waals surface area contributed by atoms with E-state index in [1.54, 1.807) is 11.6 Å². The average molecular weight is 215 g/mol. The van der Waals surface area contributed by atoms with E-state index in [9.17, 15) is 9.90 Å². The molecule has 14 heavy (non-hydrogen) atoms. The molecule has 0 saturated heterocycles. The zero-order chi connectivity index (χ0) is 10.6. The van der Waals surface area contributed by atoms with Gasteiger partial charge in [0, 0.05) is 11.6 Å². The molecule has 78 valence electrons. The van der Waals surface area contributed by atoms with Gasteiger partial charge >= 0.3 is 5.97 Å². The van der Waals surface area contributed by atoms with Crippen molar-refractivity contribution in [2.75, 3.05) is 0 Å². The largest absolute Gasteiger partial charge is 0.481 e. The minimum absolute atomic E-state index is 0.468. The molecule has 2 unspecified atom stereocenters. The molecule has 0 aromatic carbocycles. The van der Waals surface area contributed by atoms with Gasteiger partial charge in [0.25, 0.3) is 0 Å². The SMILES string of the molecule is CCCC(C(=O)O)C(O)c1nccs1. The highest BCUT2D eigenvalue weighted by atomic mass is 32.1. The van der Waals surface area contributed by atoms with E-state index in [0.717, 1.165) is 6.42 Å². The lowest BCUT2D eigenvalue weighted by molar-refractivity contribution is -0.146. The van der Waals surface area contributed by atoms with E-state index in [4.69, 9.17) is 5.11 Å². The normalized spacial score (nSPS) is 15.0. The molecule has 2 atom stereocenters. The molecule has 0 saturated carbocycles. The molecule has 0 fully saturated rings. The van der Waals surface area contributed by atoms with Crippen molar-refractivity contribution in [3.63, 3.8) is 0 Å². The molecule has 5 heteroatoms. The minimum Gasteiger partial charge on any atom is -0.481 e. The predicted octanol–water partition coefficient (Wildman–Crippen LogP) is 1.68. The highest BCUT2D eigenvalue weighted by Gasteiger charge is 2.28. The molecule has 0 amide bonds. The van der Waals surface area contributed by atoms with Crippen LogP contribution in [0.5, 0.6) is 0 Å². The monoisotopic (exact) mass is 215 g/mol. The molecule has 1 rings (SSSR count). The number of aliphatic carboxylic acids is 1. The third-order valence-corrected chi connectivity index (χ3v) is 2.85. The van der Waals surface area contributed by atoms with Crippen LogP contribution in [0.1, 0.15) is 30.9 Å². The molecule has 0 spiro atoms. The first-order chi connectivity index (χ1) is 6.66. The number of rotatable bonds is 5. The van der Waals surface area contributed by atoms with Crippen LogP contribution in [0.2, 0.25) is 0 Å². The number of nitrogens with zero attached hydrogens (tertiary/aromatic N) is 1. The van der Waals surface area contributed by atoms with Gasteiger partial charge in [0.05, 0.1) is 5.92 Å². The molecule has 2 N–H and O–H groups in total. The lowest BCUT2D eigenvalue weighted by atomic mass is 9.98. The first-order valence-electron chi connectivity index (χ1n) is 4.47. The summed E-state index contributed by atoms with van der Waals surface area (Å²) in [5.74, 6) is -1.71. The second kappa shape index (κ2) is 5.07.